The summed E-state index contributed by atoms with van der Waals surface area (Å²) >= 11 is 0. The van der Waals surface area contributed by atoms with Crippen LogP contribution in [0.1, 0.15) is 24.5 Å². The lowest BCUT2D eigenvalue weighted by atomic mass is 9.83. The summed E-state index contributed by atoms with van der Waals surface area (Å²) in [6.07, 6.45) is 6.21. The van der Waals surface area contributed by atoms with E-state index < -0.39 is 0 Å². The highest BCUT2D eigenvalue weighted by molar-refractivity contribution is 5.90. The van der Waals surface area contributed by atoms with Crippen LogP contribution in [0, 0.1) is 5.92 Å². The Morgan fingerprint density at radius 2 is 2.00 bits per heavy atom. The lowest BCUT2D eigenvalue weighted by Crippen LogP contribution is -2.25. The molecule has 1 heterocycles. The van der Waals surface area contributed by atoms with Crippen molar-refractivity contribution in [3.05, 3.63) is 53.2 Å². The molecule has 1 aliphatic heterocycles. The van der Waals surface area contributed by atoms with Gasteiger partial charge in [0, 0.05) is 13.2 Å². The van der Waals surface area contributed by atoms with Gasteiger partial charge in [-0.25, -0.2) is 0 Å². The maximum atomic E-state index is 12.0. The average molecular weight is 239 g/mol. The number of hydrogen-bond donors (Lipinski definition) is 0. The number of carbonyl (C=O) groups is 1. The molecule has 1 aliphatic carbocycles. The van der Waals surface area contributed by atoms with Crippen LogP contribution < -0.4 is 0 Å². The molecule has 1 aromatic rings. The zero-order valence-electron chi connectivity index (χ0n) is 10.8. The number of fused-ring (bicyclic) bond motifs is 3. The van der Waals surface area contributed by atoms with E-state index in [2.05, 4.69) is 30.3 Å². The van der Waals surface area contributed by atoms with Gasteiger partial charge in [-0.2, -0.15) is 0 Å². The summed E-state index contributed by atoms with van der Waals surface area (Å²) < 4.78 is 0. The summed E-state index contributed by atoms with van der Waals surface area (Å²) in [5.41, 5.74) is 5.23. The fraction of sp³-hybridized carbons (Fsp3) is 0.312. The molecule has 0 aromatic heterocycles. The number of rotatable bonds is 0. The summed E-state index contributed by atoms with van der Waals surface area (Å²) in [7, 11) is 1.85. The minimum atomic E-state index is -0.0510. The number of hydrogen-bond acceptors (Lipinski definition) is 1. The minimum Gasteiger partial charge on any atom is -0.321 e. The minimum absolute atomic E-state index is 0.0510. The number of amides is 1. The van der Waals surface area contributed by atoms with E-state index >= 15 is 0 Å². The van der Waals surface area contributed by atoms with E-state index in [0.717, 1.165) is 12.8 Å². The smallest absolute Gasteiger partial charge is 0.232 e. The lowest BCUT2D eigenvalue weighted by Gasteiger charge is -2.22. The maximum absolute atomic E-state index is 12.0. The predicted octanol–water partition coefficient (Wildman–Crippen LogP) is 3.01. The Balaban J connectivity index is 2.17. The van der Waals surface area contributed by atoms with Gasteiger partial charge in [0.15, 0.2) is 0 Å². The third kappa shape index (κ3) is 1.69. The van der Waals surface area contributed by atoms with Crippen LogP contribution in [0.3, 0.4) is 0 Å². The van der Waals surface area contributed by atoms with Crippen molar-refractivity contribution in [3.8, 4) is 0 Å². The number of nitrogens with zero attached hydrogens (tertiary/aromatic N) is 1. The number of benzene rings is 1. The molecule has 0 saturated carbocycles. The summed E-state index contributed by atoms with van der Waals surface area (Å²) in [6, 6.07) is 8.51. The molecule has 2 nitrogen and oxygen atoms in total. The Morgan fingerprint density at radius 3 is 2.83 bits per heavy atom. The first-order valence-electron chi connectivity index (χ1n) is 6.44. The first-order chi connectivity index (χ1) is 8.66. The van der Waals surface area contributed by atoms with Crippen molar-refractivity contribution in [1.29, 1.82) is 0 Å². The molecule has 18 heavy (non-hydrogen) atoms. The van der Waals surface area contributed by atoms with Gasteiger partial charge < -0.3 is 4.90 Å². The monoisotopic (exact) mass is 239 g/mol. The van der Waals surface area contributed by atoms with Crippen LogP contribution in [0.25, 0.3) is 5.57 Å². The average Bonchev–Trinajstić information content (AvgIpc) is 2.49. The fourth-order valence-electron chi connectivity index (χ4n) is 2.85. The predicted molar refractivity (Wildman–Crippen MR) is 72.8 cm³/mol. The zero-order valence-corrected chi connectivity index (χ0v) is 10.8. The molecule has 1 aromatic carbocycles. The molecule has 92 valence electrons. The van der Waals surface area contributed by atoms with Crippen LogP contribution in [0.4, 0.5) is 0 Å². The third-order valence-electron chi connectivity index (χ3n) is 3.82. The molecule has 0 radical (unpaired) electrons. The molecule has 1 unspecified atom stereocenters. The highest BCUT2D eigenvalue weighted by Gasteiger charge is 2.25. The highest BCUT2D eigenvalue weighted by Crippen LogP contribution is 2.37. The van der Waals surface area contributed by atoms with E-state index in [0.29, 0.717) is 0 Å². The summed E-state index contributed by atoms with van der Waals surface area (Å²) in [5, 5.41) is 0. The molecule has 0 fully saturated rings. The Hall–Kier alpha value is -1.83. The second-order valence-corrected chi connectivity index (χ2v) is 5.13. The van der Waals surface area contributed by atoms with Gasteiger partial charge in [0.05, 0.1) is 5.92 Å². The first kappa shape index (κ1) is 11.3. The van der Waals surface area contributed by atoms with Crippen molar-refractivity contribution in [2.75, 3.05) is 7.05 Å². The van der Waals surface area contributed by atoms with E-state index in [1.54, 1.807) is 4.90 Å². The van der Waals surface area contributed by atoms with Gasteiger partial charge in [0.25, 0.3) is 0 Å². The Kier molecular flexibility index (Phi) is 2.58. The van der Waals surface area contributed by atoms with E-state index in [4.69, 9.17) is 0 Å². The van der Waals surface area contributed by atoms with Crippen molar-refractivity contribution in [1.82, 2.24) is 4.90 Å². The molecule has 0 bridgehead atoms. The normalized spacial score (nSPS) is 22.7. The third-order valence-corrected chi connectivity index (χ3v) is 3.82. The van der Waals surface area contributed by atoms with Crippen molar-refractivity contribution >= 4 is 11.5 Å². The molecule has 0 saturated heterocycles. The molecule has 2 heteroatoms. The van der Waals surface area contributed by atoms with Gasteiger partial charge in [0.2, 0.25) is 5.91 Å². The molecular formula is C16H17NO. The topological polar surface area (TPSA) is 20.3 Å². The number of aryl methyl sites for hydroxylation is 1. The SMILES string of the molecule is CC1C=C2C(=CN(C)C1=O)CCc1ccccc12. The van der Waals surface area contributed by atoms with Gasteiger partial charge in [-0.15, -0.1) is 0 Å². The van der Waals surface area contributed by atoms with E-state index in [1.807, 2.05) is 20.2 Å². The fourth-order valence-corrected chi connectivity index (χ4v) is 2.85. The van der Waals surface area contributed by atoms with Crippen molar-refractivity contribution in [2.24, 2.45) is 5.92 Å². The van der Waals surface area contributed by atoms with Crippen molar-refractivity contribution in [2.45, 2.75) is 19.8 Å². The van der Waals surface area contributed by atoms with Crippen LogP contribution in [0.15, 0.2) is 42.1 Å². The summed E-state index contributed by atoms with van der Waals surface area (Å²) in [4.78, 5) is 13.8. The van der Waals surface area contributed by atoms with Crippen molar-refractivity contribution < 1.29 is 4.79 Å². The van der Waals surface area contributed by atoms with Gasteiger partial charge in [-0.05, 0) is 35.1 Å². The molecule has 1 atom stereocenters. The largest absolute Gasteiger partial charge is 0.321 e. The van der Waals surface area contributed by atoms with Crippen LogP contribution in [-0.2, 0) is 11.2 Å². The number of allylic oxidation sites excluding steroid dienone is 2. The number of carbonyl (C=O) groups excluding carboxylic acids is 1. The summed E-state index contributed by atoms with van der Waals surface area (Å²) in [5.74, 6) is 0.117. The second kappa shape index (κ2) is 4.13. The van der Waals surface area contributed by atoms with Crippen LogP contribution >= 0.6 is 0 Å². The molecule has 1 amide bonds. The van der Waals surface area contributed by atoms with Gasteiger partial charge in [0.1, 0.15) is 0 Å². The van der Waals surface area contributed by atoms with Crippen molar-refractivity contribution in [3.63, 3.8) is 0 Å². The quantitative estimate of drug-likeness (QED) is 0.681. The van der Waals surface area contributed by atoms with E-state index in [-0.39, 0.29) is 11.8 Å². The van der Waals surface area contributed by atoms with Crippen LogP contribution in [0.2, 0.25) is 0 Å². The summed E-state index contributed by atoms with van der Waals surface area (Å²) in [6.45, 7) is 1.97. The maximum Gasteiger partial charge on any atom is 0.232 e. The zero-order chi connectivity index (χ0) is 12.7. The molecule has 0 N–H and O–H groups in total. The standard InChI is InChI=1S/C16H17NO/c1-11-9-15-13(10-17(2)16(11)18)8-7-12-5-3-4-6-14(12)15/h3-6,9-11H,7-8H2,1-2H3. The molecular weight excluding hydrogens is 222 g/mol. The molecule has 0 spiro atoms. The van der Waals surface area contributed by atoms with E-state index in [9.17, 15) is 4.79 Å². The Labute approximate surface area is 108 Å². The molecule has 2 aliphatic rings. The molecule has 3 rings (SSSR count). The van der Waals surface area contributed by atoms with Gasteiger partial charge in [-0.1, -0.05) is 37.3 Å². The van der Waals surface area contributed by atoms with Gasteiger partial charge >= 0.3 is 0 Å². The highest BCUT2D eigenvalue weighted by atomic mass is 16.2. The Bertz CT molecular complexity index is 568. The lowest BCUT2D eigenvalue weighted by molar-refractivity contribution is -0.129. The van der Waals surface area contributed by atoms with Crippen LogP contribution in [-0.4, -0.2) is 17.9 Å². The van der Waals surface area contributed by atoms with Crippen LogP contribution in [0.5, 0.6) is 0 Å². The van der Waals surface area contributed by atoms with Gasteiger partial charge in [-0.3, -0.25) is 4.79 Å². The van der Waals surface area contributed by atoms with E-state index in [1.165, 1.54) is 22.3 Å². The Morgan fingerprint density at radius 1 is 1.22 bits per heavy atom. The second-order valence-electron chi connectivity index (χ2n) is 5.13. The first-order valence-corrected chi connectivity index (χ1v) is 6.44.